The molecule has 0 heterocycles. The molecule has 22 heavy (non-hydrogen) atoms. The average molecular weight is 302 g/mol. The molecule has 1 atom stereocenters. The molecule has 1 aliphatic rings. The van der Waals surface area contributed by atoms with Gasteiger partial charge in [-0.1, -0.05) is 30.3 Å². The molecule has 0 amide bonds. The van der Waals surface area contributed by atoms with Gasteiger partial charge in [0.15, 0.2) is 0 Å². The number of rotatable bonds is 5. The van der Waals surface area contributed by atoms with Crippen molar-refractivity contribution in [2.75, 3.05) is 28.4 Å². The second-order valence-corrected chi connectivity index (χ2v) is 4.98. The largest absolute Gasteiger partial charge is 0.348 e. The number of benzene rings is 1. The summed E-state index contributed by atoms with van der Waals surface area (Å²) in [5.41, 5.74) is -0.872. The predicted octanol–water partition coefficient (Wildman–Crippen LogP) is 1.80. The van der Waals surface area contributed by atoms with E-state index in [-0.39, 0.29) is 0 Å². The Labute approximate surface area is 129 Å². The van der Waals surface area contributed by atoms with Crippen LogP contribution in [0.5, 0.6) is 0 Å². The first-order valence-corrected chi connectivity index (χ1v) is 6.67. The molecule has 2 rings (SSSR count). The summed E-state index contributed by atoms with van der Waals surface area (Å²) in [7, 11) is 5.59. The third-order valence-electron chi connectivity index (χ3n) is 4.46. The van der Waals surface area contributed by atoms with Gasteiger partial charge in [0.05, 0.1) is 18.1 Å². The van der Waals surface area contributed by atoms with Crippen LogP contribution in [0.15, 0.2) is 30.3 Å². The summed E-state index contributed by atoms with van der Waals surface area (Å²) < 4.78 is 22.1. The van der Waals surface area contributed by atoms with Crippen LogP contribution in [0.4, 0.5) is 0 Å². The molecule has 0 aromatic heterocycles. The Morgan fingerprint density at radius 3 is 1.73 bits per heavy atom. The highest BCUT2D eigenvalue weighted by molar-refractivity contribution is 5.46. The first-order chi connectivity index (χ1) is 10.6. The van der Waals surface area contributed by atoms with Gasteiger partial charge in [-0.3, -0.25) is 0 Å². The van der Waals surface area contributed by atoms with E-state index in [2.05, 4.69) is 12.1 Å². The Morgan fingerprint density at radius 2 is 1.36 bits per heavy atom. The molecular formula is C16H18N2O4. The second-order valence-electron chi connectivity index (χ2n) is 4.98. The smallest absolute Gasteiger partial charge is 0.257 e. The zero-order valence-electron chi connectivity index (χ0n) is 13.0. The van der Waals surface area contributed by atoms with E-state index in [1.807, 2.05) is 30.3 Å². The Morgan fingerprint density at radius 1 is 0.864 bits per heavy atom. The molecule has 1 aromatic rings. The topological polar surface area (TPSA) is 84.5 Å². The molecule has 0 radical (unpaired) electrons. The third kappa shape index (κ3) is 1.55. The number of methoxy groups -OCH3 is 4. The van der Waals surface area contributed by atoms with E-state index < -0.39 is 22.9 Å². The maximum Gasteiger partial charge on any atom is 0.257 e. The molecule has 1 aliphatic carbocycles. The number of nitriles is 2. The van der Waals surface area contributed by atoms with Gasteiger partial charge in [0.25, 0.3) is 5.79 Å². The normalized spacial score (nSPS) is 23.8. The van der Waals surface area contributed by atoms with Crippen molar-refractivity contribution in [1.82, 2.24) is 0 Å². The van der Waals surface area contributed by atoms with Crippen molar-refractivity contribution in [3.63, 3.8) is 0 Å². The third-order valence-corrected chi connectivity index (χ3v) is 4.46. The van der Waals surface area contributed by atoms with Gasteiger partial charge in [0.2, 0.25) is 11.2 Å². The lowest BCUT2D eigenvalue weighted by Crippen LogP contribution is -2.82. The van der Waals surface area contributed by atoms with Gasteiger partial charge in [-0.25, -0.2) is 0 Å². The van der Waals surface area contributed by atoms with E-state index in [9.17, 15) is 10.5 Å². The van der Waals surface area contributed by atoms with Gasteiger partial charge in [-0.15, -0.1) is 0 Å². The van der Waals surface area contributed by atoms with E-state index in [0.29, 0.717) is 0 Å². The minimum absolute atomic E-state index is 0.689. The Kier molecular flexibility index (Phi) is 4.23. The van der Waals surface area contributed by atoms with Gasteiger partial charge < -0.3 is 18.9 Å². The molecule has 1 unspecified atom stereocenters. The summed E-state index contributed by atoms with van der Waals surface area (Å²) in [6, 6.07) is 13.2. The number of ether oxygens (including phenoxy) is 4. The average Bonchev–Trinajstić information content (AvgIpc) is 2.58. The highest BCUT2D eigenvalue weighted by atomic mass is 16.8. The molecule has 1 saturated carbocycles. The van der Waals surface area contributed by atoms with Crippen molar-refractivity contribution in [1.29, 1.82) is 10.5 Å². The van der Waals surface area contributed by atoms with Crippen LogP contribution < -0.4 is 0 Å². The summed E-state index contributed by atoms with van der Waals surface area (Å²) >= 11 is 0. The zero-order chi connectivity index (χ0) is 16.4. The van der Waals surface area contributed by atoms with Crippen LogP contribution in [-0.4, -0.2) is 40.0 Å². The lowest BCUT2D eigenvalue weighted by Gasteiger charge is -2.65. The SMILES string of the molecule is COC1(OC)C(c2ccccc2)C(C#N)(C#N)C1(OC)OC. The van der Waals surface area contributed by atoms with Gasteiger partial charge in [-0.05, 0) is 5.56 Å². The van der Waals surface area contributed by atoms with Crippen LogP contribution in [0.1, 0.15) is 11.5 Å². The summed E-state index contributed by atoms with van der Waals surface area (Å²) in [6.07, 6.45) is 0. The molecule has 0 spiro atoms. The van der Waals surface area contributed by atoms with Gasteiger partial charge in [0, 0.05) is 28.4 Å². The van der Waals surface area contributed by atoms with Crippen LogP contribution in [-0.2, 0) is 18.9 Å². The minimum Gasteiger partial charge on any atom is -0.348 e. The first-order valence-electron chi connectivity index (χ1n) is 6.67. The molecule has 0 saturated heterocycles. The highest BCUT2D eigenvalue weighted by Crippen LogP contribution is 2.68. The number of hydrogen-bond donors (Lipinski definition) is 0. The minimum atomic E-state index is -1.66. The molecule has 0 N–H and O–H groups in total. The van der Waals surface area contributed by atoms with Gasteiger partial charge in [0.1, 0.15) is 0 Å². The maximum absolute atomic E-state index is 9.75. The molecule has 1 aromatic carbocycles. The van der Waals surface area contributed by atoms with E-state index in [4.69, 9.17) is 18.9 Å². The molecule has 0 bridgehead atoms. The Hall–Kier alpha value is -1.96. The molecule has 116 valence electrons. The quantitative estimate of drug-likeness (QED) is 0.771. The fraction of sp³-hybridized carbons (Fsp3) is 0.500. The summed E-state index contributed by atoms with van der Waals surface area (Å²) in [6.45, 7) is 0. The van der Waals surface area contributed by atoms with E-state index >= 15 is 0 Å². The fourth-order valence-electron chi connectivity index (χ4n) is 3.56. The summed E-state index contributed by atoms with van der Waals surface area (Å²) in [5.74, 6) is -3.76. The van der Waals surface area contributed by atoms with Crippen molar-refractivity contribution in [2.24, 2.45) is 5.41 Å². The zero-order valence-corrected chi connectivity index (χ0v) is 13.0. The fourth-order valence-corrected chi connectivity index (χ4v) is 3.56. The maximum atomic E-state index is 9.75. The second kappa shape index (κ2) is 5.68. The monoisotopic (exact) mass is 302 g/mol. The molecule has 6 nitrogen and oxygen atoms in total. The van der Waals surface area contributed by atoms with Gasteiger partial charge >= 0.3 is 0 Å². The highest BCUT2D eigenvalue weighted by Gasteiger charge is 2.86. The summed E-state index contributed by atoms with van der Waals surface area (Å²) in [4.78, 5) is 0. The lowest BCUT2D eigenvalue weighted by atomic mass is 9.49. The van der Waals surface area contributed by atoms with Crippen LogP contribution in [0, 0.1) is 28.1 Å². The van der Waals surface area contributed by atoms with E-state index in [0.717, 1.165) is 5.56 Å². The van der Waals surface area contributed by atoms with Crippen LogP contribution in [0.3, 0.4) is 0 Å². The lowest BCUT2D eigenvalue weighted by molar-refractivity contribution is -0.481. The van der Waals surface area contributed by atoms with Crippen molar-refractivity contribution in [2.45, 2.75) is 17.5 Å². The van der Waals surface area contributed by atoms with Crippen LogP contribution in [0.2, 0.25) is 0 Å². The van der Waals surface area contributed by atoms with E-state index in [1.54, 1.807) is 0 Å². The molecule has 1 fully saturated rings. The van der Waals surface area contributed by atoms with Crippen LogP contribution in [0.25, 0.3) is 0 Å². The van der Waals surface area contributed by atoms with Crippen molar-refractivity contribution >= 4 is 0 Å². The standard InChI is InChI=1S/C16H18N2O4/c1-19-15(20-2)13(12-8-6-5-7-9-12)14(10-17,11-18)16(15,21-3)22-4/h5-9,13H,1-4H3. The van der Waals surface area contributed by atoms with E-state index in [1.165, 1.54) is 28.4 Å². The predicted molar refractivity (Wildman–Crippen MR) is 76.3 cm³/mol. The Bertz CT molecular complexity index is 595. The number of nitrogens with zero attached hydrogens (tertiary/aromatic N) is 2. The molecule has 0 aliphatic heterocycles. The molecule has 6 heteroatoms. The number of hydrogen-bond acceptors (Lipinski definition) is 6. The summed E-state index contributed by atoms with van der Waals surface area (Å²) in [5, 5.41) is 19.5. The molecular weight excluding hydrogens is 284 g/mol. The first kappa shape index (κ1) is 16.4. The van der Waals surface area contributed by atoms with Crippen molar-refractivity contribution < 1.29 is 18.9 Å². The van der Waals surface area contributed by atoms with Crippen molar-refractivity contribution in [3.05, 3.63) is 35.9 Å². The Balaban J connectivity index is 2.75. The van der Waals surface area contributed by atoms with Crippen molar-refractivity contribution in [3.8, 4) is 12.1 Å². The van der Waals surface area contributed by atoms with Gasteiger partial charge in [-0.2, -0.15) is 10.5 Å². The van der Waals surface area contributed by atoms with Crippen LogP contribution >= 0.6 is 0 Å².